The molecule has 1 aliphatic carbocycles. The van der Waals surface area contributed by atoms with Crippen LogP contribution >= 0.6 is 31.9 Å². The van der Waals surface area contributed by atoms with E-state index in [2.05, 4.69) is 31.9 Å². The minimum absolute atomic E-state index is 0. The van der Waals surface area contributed by atoms with Crippen LogP contribution in [0.4, 0.5) is 0 Å². The van der Waals surface area contributed by atoms with Gasteiger partial charge < -0.3 is 11.5 Å². The molecule has 0 spiro atoms. The molecule has 15 heteroatoms. The number of hydrogen-bond acceptors (Lipinski definition) is 8. The van der Waals surface area contributed by atoms with Crippen LogP contribution in [0.25, 0.3) is 33.4 Å². The van der Waals surface area contributed by atoms with E-state index >= 15 is 0 Å². The summed E-state index contributed by atoms with van der Waals surface area (Å²) < 4.78 is 16.6. The van der Waals surface area contributed by atoms with Gasteiger partial charge in [-0.3, -0.25) is 9.59 Å². The van der Waals surface area contributed by atoms with Crippen molar-refractivity contribution >= 4 is 63.7 Å². The first-order chi connectivity index (χ1) is 22.4. The van der Waals surface area contributed by atoms with Gasteiger partial charge >= 0.3 is 254 Å². The molecule has 0 atom stereocenters. The van der Waals surface area contributed by atoms with Crippen molar-refractivity contribution in [2.45, 2.75) is 0 Å². The van der Waals surface area contributed by atoms with Crippen molar-refractivity contribution in [3.63, 3.8) is 0 Å². The number of benzene rings is 5. The third-order valence-corrected chi connectivity index (χ3v) is 11.7. The van der Waals surface area contributed by atoms with Gasteiger partial charge in [0.15, 0.2) is 0 Å². The van der Waals surface area contributed by atoms with E-state index in [-0.39, 0.29) is 111 Å². The number of carbonyl (C=O) groups is 3. The topological polar surface area (TPSA) is 200 Å². The molecule has 1 heterocycles. The number of amides is 2. The smallest absolute Gasteiger partial charge is 1.00 e. The van der Waals surface area contributed by atoms with Gasteiger partial charge in [0.2, 0.25) is 11.8 Å². The van der Waals surface area contributed by atoms with Crippen LogP contribution in [0.5, 0.6) is 5.75 Å². The number of carboxylic acid groups (broad SMARTS) is 1. The maximum absolute atomic E-state index is 12.5. The van der Waals surface area contributed by atoms with Crippen LogP contribution in [-0.4, -0.2) is 20.8 Å². The first-order valence-corrected chi connectivity index (χ1v) is 20.4. The minimum Gasteiger partial charge on any atom is 1.00 e. The maximum atomic E-state index is 12.5. The summed E-state index contributed by atoms with van der Waals surface area (Å²) >= 11 is 3.71. The number of fused-ring (bicyclic) bond motifs is 2. The van der Waals surface area contributed by atoms with E-state index in [0.29, 0.717) is 33.2 Å². The van der Waals surface area contributed by atoms with E-state index in [4.69, 9.17) is 15.9 Å². The van der Waals surface area contributed by atoms with Crippen molar-refractivity contribution in [2.24, 2.45) is 11.5 Å². The Morgan fingerprint density at radius 3 is 1.71 bits per heavy atom. The molecule has 1 aliphatic heterocycles. The Morgan fingerprint density at radius 1 is 0.735 bits per heavy atom. The van der Waals surface area contributed by atoms with Crippen LogP contribution in [-0.2, 0) is 25.0 Å². The molecule has 0 saturated carbocycles. The minimum atomic E-state index is -2.75. The van der Waals surface area contributed by atoms with Gasteiger partial charge in [-0.2, -0.15) is 0 Å². The van der Waals surface area contributed by atoms with Crippen LogP contribution in [0, 0.1) is 0 Å². The number of hydrogen-bond donors (Lipinski definition) is 3. The molecule has 0 aromatic heterocycles. The Kier molecular flexibility index (Phi) is 17.4. The normalized spacial score (nSPS) is 9.78. The van der Waals surface area contributed by atoms with E-state index in [1.54, 1.807) is 78.9 Å². The number of primary amides is 2. The molecular weight excluding hydrogens is 971 g/mol. The Balaban J connectivity index is 0.000000342. The average molecular weight is 993 g/mol. The van der Waals surface area contributed by atoms with Gasteiger partial charge in [-0.1, -0.05) is 36.4 Å². The van der Waals surface area contributed by atoms with Crippen molar-refractivity contribution in [1.29, 1.82) is 0 Å². The molecule has 2 amide bonds. The van der Waals surface area contributed by atoms with Gasteiger partial charge in [-0.25, -0.2) is 0 Å². The molecule has 234 valence electrons. The van der Waals surface area contributed by atoms with Gasteiger partial charge in [0, 0.05) is 11.1 Å². The number of rotatable bonds is 5. The van der Waals surface area contributed by atoms with Crippen molar-refractivity contribution in [1.82, 2.24) is 0 Å². The van der Waals surface area contributed by atoms with Crippen molar-refractivity contribution in [3.05, 3.63) is 139 Å². The third-order valence-electron chi connectivity index (χ3n) is 6.76. The first-order valence-electron chi connectivity index (χ1n) is 13.6. The summed E-state index contributed by atoms with van der Waals surface area (Å²) in [4.78, 5) is 44.7. The molecule has 49 heavy (non-hydrogen) atoms. The standard InChI is InChI=1S/C20H9Br2O5.2C7H7NO.Hg.2Na.H2O/c21-13-5-11-17(7-15(13)23)27-18-8-16(24)14(22)6-12(18)19(11)9-3-1-2-4-10(9)20(25)26;2*8-7(9)6-4-2-1-3-5-6;;;;/h1-7,24H,(H,25,26);2*1-5H,(H2,8,9);;;;1H2/q;;;3*+1;/p-3. The third kappa shape index (κ3) is 10.6. The second-order valence-corrected chi connectivity index (χ2v) is 15.4. The molecule has 2 aliphatic rings. The summed E-state index contributed by atoms with van der Waals surface area (Å²) in [6.45, 7) is 0. The number of aromatic carboxylic acids is 1. The van der Waals surface area contributed by atoms with Gasteiger partial charge in [0.1, 0.15) is 0 Å². The van der Waals surface area contributed by atoms with E-state index in [1.807, 2.05) is 12.1 Å². The van der Waals surface area contributed by atoms with E-state index in [1.165, 1.54) is 12.1 Å². The van der Waals surface area contributed by atoms with E-state index < -0.39 is 31.0 Å². The molecule has 10 nitrogen and oxygen atoms in total. The second kappa shape index (κ2) is 19.9. The van der Waals surface area contributed by atoms with Gasteiger partial charge in [0.05, 0.1) is 0 Å². The van der Waals surface area contributed by atoms with Crippen LogP contribution in [0.15, 0.2) is 121 Å². The van der Waals surface area contributed by atoms with Gasteiger partial charge in [-0.15, -0.1) is 0 Å². The summed E-state index contributed by atoms with van der Waals surface area (Å²) in [5, 5.41) is 24.7. The maximum Gasteiger partial charge on any atom is 1.00 e. The summed E-state index contributed by atoms with van der Waals surface area (Å²) in [5.74, 6) is -2.28. The molecule has 0 fully saturated rings. The predicted molar refractivity (Wildman–Crippen MR) is 175 cm³/mol. The van der Waals surface area contributed by atoms with Gasteiger partial charge in [-0.05, 0) is 24.3 Å². The average Bonchev–Trinajstić information content (AvgIpc) is 3.07. The molecule has 6 rings (SSSR count). The molecular formula is C34H22Br2HgN2Na2O8. The quantitative estimate of drug-likeness (QED) is 0.127. The summed E-state index contributed by atoms with van der Waals surface area (Å²) in [6.07, 6.45) is 0. The Bertz CT molecular complexity index is 2090. The fourth-order valence-electron chi connectivity index (χ4n) is 4.56. The van der Waals surface area contributed by atoms with Crippen LogP contribution in [0.2, 0.25) is 0 Å². The predicted octanol–water partition coefficient (Wildman–Crippen LogP) is -2.28. The van der Waals surface area contributed by atoms with E-state index in [9.17, 15) is 32.4 Å². The molecule has 0 bridgehead atoms. The summed E-state index contributed by atoms with van der Waals surface area (Å²) in [7, 11) is 0. The Morgan fingerprint density at radius 2 is 1.24 bits per heavy atom. The second-order valence-electron chi connectivity index (χ2n) is 9.75. The number of carboxylic acids is 1. The molecule has 0 radical (unpaired) electrons. The van der Waals surface area contributed by atoms with Crippen molar-refractivity contribution in [2.75, 3.05) is 0 Å². The fraction of sp³-hybridized carbons (Fsp3) is 0. The van der Waals surface area contributed by atoms with Crippen LogP contribution in [0.3, 0.4) is 0 Å². The molecule has 0 saturated heterocycles. The fourth-order valence-corrected chi connectivity index (χ4v) is 9.25. The zero-order valence-electron chi connectivity index (χ0n) is 26.2. The summed E-state index contributed by atoms with van der Waals surface area (Å²) in [5.41, 5.74) is 12.2. The first kappa shape index (κ1) is 42.8. The zero-order chi connectivity index (χ0) is 34.2. The van der Waals surface area contributed by atoms with E-state index in [0.717, 1.165) is 0 Å². The number of carbonyl (C=O) groups excluding carboxylic acids is 3. The molecule has 4 aromatic rings. The van der Waals surface area contributed by atoms with Crippen LogP contribution < -0.4 is 89.3 Å². The van der Waals surface area contributed by atoms with Crippen molar-refractivity contribution in [3.8, 4) is 28.2 Å². The number of halogens is 2. The van der Waals surface area contributed by atoms with Crippen molar-refractivity contribution < 1.29 is 116 Å². The molecule has 4 aromatic carbocycles. The zero-order valence-corrected chi connectivity index (χ0v) is 38.9. The molecule has 0 unspecified atom stereocenters. The largest absolute Gasteiger partial charge is 1.00 e. The SMILES string of the molecule is NC(=O)c1ccccc1.NC(=O)c1ccccc1.O=C([O-])c1ccccc1-c1c2cc(Br)c(=O)cc-2oc2[c]([Hg][OH])c([O-])c(Br)cc12.[Na+].[Na+]. The monoisotopic (exact) mass is 992 g/mol. The van der Waals surface area contributed by atoms with Gasteiger partial charge in [0.25, 0.3) is 0 Å². The van der Waals surface area contributed by atoms with Crippen LogP contribution in [0.1, 0.15) is 31.1 Å². The Hall–Kier alpha value is -2.36. The Labute approximate surface area is 354 Å². The number of nitrogens with two attached hydrogens (primary N) is 2. The molecule has 5 N–H and O–H groups in total. The summed E-state index contributed by atoms with van der Waals surface area (Å²) in [6, 6.07) is 28.2.